The van der Waals surface area contributed by atoms with Gasteiger partial charge in [0, 0.05) is 73.2 Å². The Morgan fingerprint density at radius 3 is 1.49 bits per heavy atom. The molecule has 0 amide bonds. The molecule has 6 aromatic heterocycles. The molecule has 2 fully saturated rings. The molecule has 0 N–H and O–H groups in total. The van der Waals surface area contributed by atoms with Gasteiger partial charge in [0.2, 0.25) is 21.8 Å². The summed E-state index contributed by atoms with van der Waals surface area (Å²) in [4.78, 5) is 33.8. The van der Waals surface area contributed by atoms with Crippen LogP contribution in [0.2, 0.25) is 0 Å². The predicted molar refractivity (Wildman–Crippen MR) is 280 cm³/mol. The first kappa shape index (κ1) is 51.1. The number of benzene rings is 2. The molecule has 8 heterocycles. The Morgan fingerprint density at radius 2 is 1.11 bits per heavy atom. The normalized spacial score (nSPS) is 15.7. The smallest absolute Gasteiger partial charge is 0.294 e. The number of halogens is 2. The molecular formula is C50H58F2N12O4S4. The van der Waals surface area contributed by atoms with Gasteiger partial charge < -0.3 is 19.3 Å². The summed E-state index contributed by atoms with van der Waals surface area (Å²) in [5.74, 6) is 1.49. The van der Waals surface area contributed by atoms with Crippen molar-refractivity contribution >= 4 is 66.1 Å². The Hall–Kier alpha value is -5.84. The molecule has 10 rings (SSSR count). The van der Waals surface area contributed by atoms with Crippen molar-refractivity contribution in [3.8, 4) is 32.9 Å². The lowest BCUT2D eigenvalue weighted by Gasteiger charge is -2.34. The molecule has 0 saturated carbocycles. The zero-order valence-corrected chi connectivity index (χ0v) is 44.4. The first-order chi connectivity index (χ1) is 34.7. The third-order valence-corrected chi connectivity index (χ3v) is 16.6. The highest BCUT2D eigenvalue weighted by Crippen LogP contribution is 2.34. The summed E-state index contributed by atoms with van der Waals surface area (Å²) in [7, 11) is -3.49. The molecule has 0 spiro atoms. The van der Waals surface area contributed by atoms with Crippen LogP contribution in [0.25, 0.3) is 32.4 Å². The van der Waals surface area contributed by atoms with E-state index in [9.17, 15) is 17.2 Å². The number of sulfone groups is 1. The van der Waals surface area contributed by atoms with E-state index in [-0.39, 0.29) is 28.5 Å². The van der Waals surface area contributed by atoms with Gasteiger partial charge in [-0.2, -0.15) is 0 Å². The standard InChI is InChI=1S/C25H29FN6O3S2.C25H29FN6OS2/c1-4-5-17-13-27-23(28-14-17)31-10-8-18(9-11-31)16(2)35-25-30-32-15-22(29-24(32)36-25)20-7-6-19(12-21(20)26)37(3,33)34;1-4-5-17-13-27-23(28-14-17)31-10-8-18(9-11-31)16(2)33-25-30-32-15-22(29-24(32)35-25)20-7-6-19(34-3)12-21(20)26/h6-7,12-16,18H,4-5,8-11H2,1-3H3;6-7,12-16,18H,4-5,8-11H2,1-3H3/t2*16-/m00/s1. The minimum atomic E-state index is -3.49. The van der Waals surface area contributed by atoms with Gasteiger partial charge in [0.15, 0.2) is 9.84 Å². The Kier molecular flexibility index (Phi) is 16.0. The molecule has 380 valence electrons. The number of aromatic nitrogens is 10. The Balaban J connectivity index is 0.000000178. The second-order valence-corrected chi connectivity index (χ2v) is 23.0. The number of rotatable bonds is 16. The fourth-order valence-corrected chi connectivity index (χ4v) is 11.7. The molecule has 2 aromatic carbocycles. The van der Waals surface area contributed by atoms with Gasteiger partial charge in [-0.15, -0.1) is 22.0 Å². The lowest BCUT2D eigenvalue weighted by Crippen LogP contribution is -2.39. The van der Waals surface area contributed by atoms with E-state index in [4.69, 9.17) is 9.47 Å². The second kappa shape index (κ2) is 22.5. The maximum Gasteiger partial charge on any atom is 0.294 e. The SMILES string of the molecule is CCCc1cnc(N2CCC([C@H](C)Oc3nn4cc(-c5ccc(S(C)(=O)=O)cc5F)nc4s3)CC2)nc1.CCCc1cnc(N2CCC([C@H](C)Oc3nn4cc(-c5ccc(SC)cc5F)nc4s3)CC2)nc1. The summed E-state index contributed by atoms with van der Waals surface area (Å²) in [6, 6.07) is 9.03. The average Bonchev–Trinajstić information content (AvgIpc) is 4.15. The first-order valence-corrected chi connectivity index (χ1v) is 29.0. The molecule has 2 saturated heterocycles. The van der Waals surface area contributed by atoms with Crippen LogP contribution in [0, 0.1) is 23.5 Å². The third-order valence-electron chi connectivity index (χ3n) is 13.2. The van der Waals surface area contributed by atoms with Crippen LogP contribution in [0.5, 0.6) is 10.4 Å². The summed E-state index contributed by atoms with van der Waals surface area (Å²) in [5.41, 5.74) is 4.01. The van der Waals surface area contributed by atoms with Crippen LogP contribution in [0.3, 0.4) is 0 Å². The quantitative estimate of drug-likeness (QED) is 0.0837. The number of ether oxygens (including phenoxy) is 2. The summed E-state index contributed by atoms with van der Waals surface area (Å²) in [6.07, 6.45) is 22.3. The number of nitrogens with zero attached hydrogens (tertiary/aromatic N) is 12. The van der Waals surface area contributed by atoms with Crippen LogP contribution in [0.15, 0.2) is 83.4 Å². The molecule has 16 nitrogen and oxygen atoms in total. The van der Waals surface area contributed by atoms with E-state index in [1.165, 1.54) is 63.8 Å². The number of piperidine rings is 2. The average molecular weight is 1060 g/mol. The molecule has 0 bridgehead atoms. The number of anilines is 2. The van der Waals surface area contributed by atoms with E-state index >= 15 is 0 Å². The zero-order valence-electron chi connectivity index (χ0n) is 41.1. The molecule has 22 heteroatoms. The molecule has 72 heavy (non-hydrogen) atoms. The molecule has 2 aliphatic rings. The van der Waals surface area contributed by atoms with Gasteiger partial charge in [-0.3, -0.25) is 0 Å². The molecule has 0 radical (unpaired) electrons. The molecule has 2 atom stereocenters. The number of hydrogen-bond donors (Lipinski definition) is 0. The molecule has 0 aliphatic carbocycles. The van der Waals surface area contributed by atoms with Gasteiger partial charge in [-0.1, -0.05) is 26.7 Å². The van der Waals surface area contributed by atoms with Gasteiger partial charge in [0.1, 0.15) is 23.8 Å². The minimum absolute atomic E-state index is 0.0219. The Bertz CT molecular complexity index is 3140. The van der Waals surface area contributed by atoms with Crippen LogP contribution in [-0.4, -0.2) is 108 Å². The van der Waals surface area contributed by atoms with Crippen molar-refractivity contribution in [2.45, 2.75) is 101 Å². The van der Waals surface area contributed by atoms with Crippen molar-refractivity contribution in [1.29, 1.82) is 0 Å². The van der Waals surface area contributed by atoms with E-state index < -0.39 is 15.7 Å². The van der Waals surface area contributed by atoms with E-state index in [2.05, 4.69) is 77.6 Å². The Morgan fingerprint density at radius 1 is 0.681 bits per heavy atom. The van der Waals surface area contributed by atoms with Crippen molar-refractivity contribution < 1.29 is 26.7 Å². The van der Waals surface area contributed by atoms with E-state index in [1.54, 1.807) is 27.5 Å². The summed E-state index contributed by atoms with van der Waals surface area (Å²) in [5, 5.41) is 10.1. The van der Waals surface area contributed by atoms with Gasteiger partial charge in [-0.05, 0) is 141 Å². The highest BCUT2D eigenvalue weighted by Gasteiger charge is 2.29. The first-order valence-electron chi connectivity index (χ1n) is 24.3. The van der Waals surface area contributed by atoms with E-state index in [0.717, 1.165) is 107 Å². The van der Waals surface area contributed by atoms with Crippen molar-refractivity contribution in [1.82, 2.24) is 49.1 Å². The lowest BCUT2D eigenvalue weighted by molar-refractivity contribution is 0.131. The maximum absolute atomic E-state index is 14.6. The van der Waals surface area contributed by atoms with Crippen molar-refractivity contribution in [2.24, 2.45) is 11.8 Å². The van der Waals surface area contributed by atoms with Crippen LogP contribution in [0.4, 0.5) is 20.7 Å². The zero-order chi connectivity index (χ0) is 50.5. The van der Waals surface area contributed by atoms with Gasteiger partial charge >= 0.3 is 0 Å². The van der Waals surface area contributed by atoms with Crippen LogP contribution >= 0.6 is 34.4 Å². The van der Waals surface area contributed by atoms with Gasteiger partial charge in [0.25, 0.3) is 10.4 Å². The second-order valence-electron chi connectivity index (χ2n) is 18.3. The number of fused-ring (bicyclic) bond motifs is 2. The van der Waals surface area contributed by atoms with E-state index in [1.807, 2.05) is 37.1 Å². The monoisotopic (exact) mass is 1060 g/mol. The van der Waals surface area contributed by atoms with Crippen molar-refractivity contribution in [3.05, 3.63) is 96.3 Å². The summed E-state index contributed by atoms with van der Waals surface area (Å²) >= 11 is 4.19. The minimum Gasteiger partial charge on any atom is -0.466 e. The molecular weight excluding hydrogens is 999 g/mol. The molecule has 2 aliphatic heterocycles. The van der Waals surface area contributed by atoms with Crippen molar-refractivity contribution in [2.75, 3.05) is 48.5 Å². The topological polar surface area (TPSA) is 171 Å². The lowest BCUT2D eigenvalue weighted by atomic mass is 9.92. The summed E-state index contributed by atoms with van der Waals surface area (Å²) in [6.45, 7) is 12.1. The van der Waals surface area contributed by atoms with Crippen molar-refractivity contribution in [3.63, 3.8) is 0 Å². The Labute approximate surface area is 430 Å². The fourth-order valence-electron chi connectivity index (χ4n) is 8.99. The maximum atomic E-state index is 14.6. The van der Waals surface area contributed by atoms with Crippen LogP contribution in [-0.2, 0) is 22.7 Å². The number of imidazole rings is 2. The number of thioether (sulfide) groups is 1. The summed E-state index contributed by atoms with van der Waals surface area (Å²) < 4.78 is 68.0. The van der Waals surface area contributed by atoms with Gasteiger partial charge in [-0.25, -0.2) is 56.1 Å². The van der Waals surface area contributed by atoms with Crippen LogP contribution in [0.1, 0.15) is 77.3 Å². The van der Waals surface area contributed by atoms with E-state index in [0.29, 0.717) is 49.1 Å². The number of aryl methyl sites for hydroxylation is 2. The number of hydrogen-bond acceptors (Lipinski definition) is 17. The fraction of sp³-hybridized carbons (Fsp3) is 0.440. The highest BCUT2D eigenvalue weighted by molar-refractivity contribution is 7.98. The molecule has 8 aromatic rings. The largest absolute Gasteiger partial charge is 0.466 e. The van der Waals surface area contributed by atoms with Crippen LogP contribution < -0.4 is 19.3 Å². The third kappa shape index (κ3) is 12.0. The highest BCUT2D eigenvalue weighted by atomic mass is 32.2. The predicted octanol–water partition coefficient (Wildman–Crippen LogP) is 10.2. The van der Waals surface area contributed by atoms with Gasteiger partial charge in [0.05, 0.1) is 28.7 Å². The molecule has 0 unspecified atom stereocenters.